The standard InChI is InChI=1S/C20H26N4O2S/c1-15-8-9-16(14-21)18(22-15)27-17(19(25)23-10-4-2-5-11-23)20(26)24-12-6-3-7-13-24/h8-9,17H,2-7,10-13H2,1H3. The zero-order valence-corrected chi connectivity index (χ0v) is 16.6. The Labute approximate surface area is 164 Å². The van der Waals surface area contributed by atoms with Gasteiger partial charge in [0.15, 0.2) is 5.25 Å². The fourth-order valence-electron chi connectivity index (χ4n) is 3.59. The van der Waals surface area contributed by atoms with Gasteiger partial charge in [-0.15, -0.1) is 0 Å². The van der Waals surface area contributed by atoms with Gasteiger partial charge in [0.2, 0.25) is 11.8 Å². The van der Waals surface area contributed by atoms with Crippen molar-refractivity contribution in [3.05, 3.63) is 23.4 Å². The molecule has 3 rings (SSSR count). The van der Waals surface area contributed by atoms with Gasteiger partial charge in [0.05, 0.1) is 5.56 Å². The molecule has 2 aliphatic rings. The van der Waals surface area contributed by atoms with Crippen LogP contribution in [-0.2, 0) is 9.59 Å². The second kappa shape index (κ2) is 9.23. The largest absolute Gasteiger partial charge is 0.341 e. The minimum atomic E-state index is -0.859. The van der Waals surface area contributed by atoms with E-state index in [1.165, 1.54) is 0 Å². The van der Waals surface area contributed by atoms with Gasteiger partial charge in [-0.1, -0.05) is 11.8 Å². The van der Waals surface area contributed by atoms with Gasteiger partial charge in [0, 0.05) is 31.9 Å². The maximum Gasteiger partial charge on any atom is 0.245 e. The fourth-order valence-corrected chi connectivity index (χ4v) is 4.75. The molecular formula is C20H26N4O2S. The smallest absolute Gasteiger partial charge is 0.245 e. The van der Waals surface area contributed by atoms with Crippen LogP contribution >= 0.6 is 11.8 Å². The van der Waals surface area contributed by atoms with E-state index in [9.17, 15) is 14.9 Å². The van der Waals surface area contributed by atoms with Gasteiger partial charge in [0.25, 0.3) is 0 Å². The topological polar surface area (TPSA) is 77.3 Å². The first-order chi connectivity index (χ1) is 13.1. The zero-order chi connectivity index (χ0) is 19.2. The molecule has 1 aromatic heterocycles. The van der Waals surface area contributed by atoms with Gasteiger partial charge < -0.3 is 9.80 Å². The summed E-state index contributed by atoms with van der Waals surface area (Å²) < 4.78 is 0. The Bertz CT molecular complexity index is 704. The molecule has 144 valence electrons. The van der Waals surface area contributed by atoms with Crippen LogP contribution in [0.25, 0.3) is 0 Å². The molecule has 27 heavy (non-hydrogen) atoms. The van der Waals surface area contributed by atoms with Crippen LogP contribution in [0.1, 0.15) is 49.8 Å². The summed E-state index contributed by atoms with van der Waals surface area (Å²) in [6, 6.07) is 5.61. The number of rotatable bonds is 4. The molecule has 0 N–H and O–H groups in total. The van der Waals surface area contributed by atoms with Crippen molar-refractivity contribution < 1.29 is 9.59 Å². The summed E-state index contributed by atoms with van der Waals surface area (Å²) >= 11 is 1.14. The molecule has 2 saturated heterocycles. The van der Waals surface area contributed by atoms with Crippen molar-refractivity contribution in [3.8, 4) is 6.07 Å². The summed E-state index contributed by atoms with van der Waals surface area (Å²) in [5, 5.41) is 9.01. The third-order valence-electron chi connectivity index (χ3n) is 5.13. The molecule has 6 nitrogen and oxygen atoms in total. The van der Waals surface area contributed by atoms with Crippen LogP contribution in [0.5, 0.6) is 0 Å². The molecule has 2 amide bonds. The number of carbonyl (C=O) groups excluding carboxylic acids is 2. The highest BCUT2D eigenvalue weighted by atomic mass is 32.2. The summed E-state index contributed by atoms with van der Waals surface area (Å²) in [7, 11) is 0. The van der Waals surface area contributed by atoms with Gasteiger partial charge >= 0.3 is 0 Å². The number of thioether (sulfide) groups is 1. The summed E-state index contributed by atoms with van der Waals surface area (Å²) in [4.78, 5) is 34.5. The predicted molar refractivity (Wildman–Crippen MR) is 104 cm³/mol. The normalized spacial score (nSPS) is 17.7. The van der Waals surface area contributed by atoms with Crippen LogP contribution < -0.4 is 0 Å². The van der Waals surface area contributed by atoms with E-state index in [4.69, 9.17) is 0 Å². The number of hydrogen-bond donors (Lipinski definition) is 0. The number of nitriles is 1. The van der Waals surface area contributed by atoms with Gasteiger partial charge in [0.1, 0.15) is 11.1 Å². The number of hydrogen-bond acceptors (Lipinski definition) is 5. The molecule has 1 aromatic rings. The van der Waals surface area contributed by atoms with E-state index in [-0.39, 0.29) is 11.8 Å². The number of pyridine rings is 1. The van der Waals surface area contributed by atoms with E-state index in [1.54, 1.807) is 12.1 Å². The lowest BCUT2D eigenvalue weighted by Crippen LogP contribution is -2.50. The Morgan fingerprint density at radius 1 is 1.00 bits per heavy atom. The number of nitrogens with zero attached hydrogens (tertiary/aromatic N) is 4. The molecule has 0 atom stereocenters. The molecule has 0 aliphatic carbocycles. The molecule has 0 saturated carbocycles. The third kappa shape index (κ3) is 4.81. The average molecular weight is 387 g/mol. The second-order valence-electron chi connectivity index (χ2n) is 7.19. The van der Waals surface area contributed by atoms with Gasteiger partial charge in [-0.05, 0) is 57.6 Å². The first kappa shape index (κ1) is 19.7. The number of amides is 2. The molecule has 2 fully saturated rings. The second-order valence-corrected chi connectivity index (χ2v) is 8.28. The SMILES string of the molecule is Cc1ccc(C#N)c(SC(C(=O)N2CCCCC2)C(=O)N2CCCCC2)n1. The number of piperidine rings is 2. The average Bonchev–Trinajstić information content (AvgIpc) is 2.72. The molecule has 0 unspecified atom stereocenters. The van der Waals surface area contributed by atoms with Crippen LogP contribution in [0.4, 0.5) is 0 Å². The van der Waals surface area contributed by atoms with E-state index in [2.05, 4.69) is 11.1 Å². The quantitative estimate of drug-likeness (QED) is 0.587. The Balaban J connectivity index is 1.87. The van der Waals surface area contributed by atoms with E-state index in [1.807, 2.05) is 16.7 Å². The van der Waals surface area contributed by atoms with E-state index >= 15 is 0 Å². The molecule has 7 heteroatoms. The predicted octanol–water partition coefficient (Wildman–Crippen LogP) is 2.75. The lowest BCUT2D eigenvalue weighted by atomic mass is 10.1. The van der Waals surface area contributed by atoms with Crippen molar-refractivity contribution in [2.45, 2.75) is 55.7 Å². The van der Waals surface area contributed by atoms with Crippen molar-refractivity contribution in [3.63, 3.8) is 0 Å². The van der Waals surface area contributed by atoms with Crippen molar-refractivity contribution in [2.24, 2.45) is 0 Å². The van der Waals surface area contributed by atoms with Crippen molar-refractivity contribution in [1.29, 1.82) is 5.26 Å². The molecule has 0 bridgehead atoms. The van der Waals surface area contributed by atoms with E-state index in [0.29, 0.717) is 36.8 Å². The maximum atomic E-state index is 13.2. The van der Waals surface area contributed by atoms with Crippen molar-refractivity contribution >= 4 is 23.6 Å². The highest BCUT2D eigenvalue weighted by molar-refractivity contribution is 8.01. The van der Waals surface area contributed by atoms with Crippen LogP contribution in [0, 0.1) is 18.3 Å². The number of aryl methyl sites for hydroxylation is 1. The third-order valence-corrected chi connectivity index (χ3v) is 6.31. The fraction of sp³-hybridized carbons (Fsp3) is 0.600. The lowest BCUT2D eigenvalue weighted by Gasteiger charge is -2.33. The minimum Gasteiger partial charge on any atom is -0.341 e. The minimum absolute atomic E-state index is 0.137. The molecule has 3 heterocycles. The monoisotopic (exact) mass is 386 g/mol. The summed E-state index contributed by atoms with van der Waals surface area (Å²) in [6.07, 6.45) is 6.17. The van der Waals surface area contributed by atoms with Gasteiger partial charge in [-0.2, -0.15) is 5.26 Å². The van der Waals surface area contributed by atoms with Crippen molar-refractivity contribution in [2.75, 3.05) is 26.2 Å². The Morgan fingerprint density at radius 2 is 1.52 bits per heavy atom. The van der Waals surface area contributed by atoms with E-state index in [0.717, 1.165) is 56.0 Å². The highest BCUT2D eigenvalue weighted by Crippen LogP contribution is 2.29. The summed E-state index contributed by atoms with van der Waals surface area (Å²) in [6.45, 7) is 4.66. The maximum absolute atomic E-state index is 13.2. The molecule has 0 spiro atoms. The van der Waals surface area contributed by atoms with Gasteiger partial charge in [-0.25, -0.2) is 4.98 Å². The Morgan fingerprint density at radius 3 is 2.00 bits per heavy atom. The first-order valence-corrected chi connectivity index (χ1v) is 10.6. The number of aromatic nitrogens is 1. The van der Waals surface area contributed by atoms with Gasteiger partial charge in [-0.3, -0.25) is 9.59 Å². The first-order valence-electron chi connectivity index (χ1n) is 9.72. The Hall–Kier alpha value is -2.07. The number of likely N-dealkylation sites (tertiary alicyclic amines) is 2. The van der Waals surface area contributed by atoms with Crippen LogP contribution in [0.3, 0.4) is 0 Å². The lowest BCUT2D eigenvalue weighted by molar-refractivity contribution is -0.140. The summed E-state index contributed by atoms with van der Waals surface area (Å²) in [5.74, 6) is -0.273. The molecular weight excluding hydrogens is 360 g/mol. The van der Waals surface area contributed by atoms with Crippen LogP contribution in [0.15, 0.2) is 17.2 Å². The molecule has 0 aromatic carbocycles. The van der Waals surface area contributed by atoms with Crippen molar-refractivity contribution in [1.82, 2.24) is 14.8 Å². The van der Waals surface area contributed by atoms with Crippen LogP contribution in [-0.4, -0.2) is 58.0 Å². The van der Waals surface area contributed by atoms with E-state index < -0.39 is 5.25 Å². The Kier molecular flexibility index (Phi) is 6.73. The molecule has 2 aliphatic heterocycles. The summed E-state index contributed by atoms with van der Waals surface area (Å²) in [5.41, 5.74) is 1.18. The molecule has 0 radical (unpaired) electrons. The highest BCUT2D eigenvalue weighted by Gasteiger charge is 2.36. The number of carbonyl (C=O) groups is 2. The zero-order valence-electron chi connectivity index (χ0n) is 15.8. The van der Waals surface area contributed by atoms with Crippen LogP contribution in [0.2, 0.25) is 0 Å².